The first-order valence-electron chi connectivity index (χ1n) is 5.14. The zero-order valence-corrected chi connectivity index (χ0v) is 11.6. The first-order valence-corrected chi connectivity index (χ1v) is 6.34. The largest absolute Gasteiger partial charge is 0.265 e. The highest BCUT2D eigenvalue weighted by Crippen LogP contribution is 2.28. The van der Waals surface area contributed by atoms with Crippen molar-refractivity contribution in [1.82, 2.24) is 4.98 Å². The molecule has 0 aliphatic heterocycles. The van der Waals surface area contributed by atoms with Crippen LogP contribution >= 0.6 is 28.1 Å². The Morgan fingerprint density at radius 1 is 1.22 bits per heavy atom. The van der Waals surface area contributed by atoms with Gasteiger partial charge in [0.2, 0.25) is 0 Å². The zero-order chi connectivity index (χ0) is 13.0. The fraction of sp³-hybridized carbons (Fsp3) is 0.0769. The van der Waals surface area contributed by atoms with Crippen LogP contribution in [-0.2, 0) is 0 Å². The van der Waals surface area contributed by atoms with Crippen LogP contribution in [0.5, 0.6) is 0 Å². The Morgan fingerprint density at radius 2 is 1.94 bits per heavy atom. The van der Waals surface area contributed by atoms with Gasteiger partial charge in [0.15, 0.2) is 0 Å². The molecule has 2 aromatic rings. The van der Waals surface area contributed by atoms with Crippen LogP contribution in [0.3, 0.4) is 0 Å². The second-order valence-corrected chi connectivity index (χ2v) is 4.61. The Hall–Kier alpha value is -1.42. The van der Waals surface area contributed by atoms with E-state index in [9.17, 15) is 4.39 Å². The van der Waals surface area contributed by atoms with Gasteiger partial charge in [-0.2, -0.15) is 0 Å². The molecule has 1 atom stereocenters. The van der Waals surface area contributed by atoms with Gasteiger partial charge < -0.3 is 0 Å². The minimum Gasteiger partial charge on any atom is -0.265 e. The summed E-state index contributed by atoms with van der Waals surface area (Å²) < 4.78 is 13.6. The Balaban J connectivity index is 2.48. The second kappa shape index (κ2) is 5.96. The maximum absolute atomic E-state index is 13.2. The highest BCUT2D eigenvalue weighted by atomic mass is 79.9. The molecule has 2 nitrogen and oxygen atoms in total. The summed E-state index contributed by atoms with van der Waals surface area (Å²) in [6, 6.07) is 8.17. The van der Waals surface area contributed by atoms with Gasteiger partial charge in [0.25, 0.3) is 0 Å². The third-order valence-corrected chi connectivity index (χ3v) is 3.18. The third-order valence-electron chi connectivity index (χ3n) is 2.46. The van der Waals surface area contributed by atoms with Gasteiger partial charge >= 0.3 is 0 Å². The molecule has 0 saturated heterocycles. The molecule has 18 heavy (non-hydrogen) atoms. The second-order valence-electron chi connectivity index (χ2n) is 3.58. The number of aliphatic imine (C=N–C) groups is 1. The number of hydrogen-bond acceptors (Lipinski definition) is 3. The van der Waals surface area contributed by atoms with Crippen LogP contribution < -0.4 is 0 Å². The summed E-state index contributed by atoms with van der Waals surface area (Å²) >= 11 is 7.83. The normalized spacial score (nSPS) is 11.7. The SMILES string of the molecule is Fc1ccc([C@@H](N=C=S)c2ccncc2)cc1Br. The summed E-state index contributed by atoms with van der Waals surface area (Å²) in [4.78, 5) is 8.09. The van der Waals surface area contributed by atoms with Gasteiger partial charge in [-0.25, -0.2) is 9.38 Å². The number of isothiocyanates is 1. The lowest BCUT2D eigenvalue weighted by Crippen LogP contribution is -1.98. The van der Waals surface area contributed by atoms with Crippen LogP contribution in [0, 0.1) is 5.82 Å². The summed E-state index contributed by atoms with van der Waals surface area (Å²) in [5, 5.41) is 2.38. The van der Waals surface area contributed by atoms with Crippen LogP contribution in [0.25, 0.3) is 0 Å². The van der Waals surface area contributed by atoms with Gasteiger partial charge in [-0.15, -0.1) is 0 Å². The van der Waals surface area contributed by atoms with Crippen molar-refractivity contribution in [1.29, 1.82) is 0 Å². The molecule has 0 unspecified atom stereocenters. The van der Waals surface area contributed by atoms with E-state index in [0.29, 0.717) is 4.47 Å². The predicted molar refractivity (Wildman–Crippen MR) is 75.2 cm³/mol. The Labute approximate surface area is 118 Å². The molecule has 0 aliphatic rings. The molecule has 0 amide bonds. The number of nitrogens with zero attached hydrogens (tertiary/aromatic N) is 2. The smallest absolute Gasteiger partial charge is 0.137 e. The van der Waals surface area contributed by atoms with E-state index >= 15 is 0 Å². The lowest BCUT2D eigenvalue weighted by molar-refractivity contribution is 0.619. The molecular formula is C13H8BrFN2S. The van der Waals surface area contributed by atoms with Gasteiger partial charge in [0, 0.05) is 12.4 Å². The number of rotatable bonds is 3. The molecule has 90 valence electrons. The molecule has 0 radical (unpaired) electrons. The Morgan fingerprint density at radius 3 is 2.56 bits per heavy atom. The van der Waals surface area contributed by atoms with Gasteiger partial charge in [-0.3, -0.25) is 4.98 Å². The van der Waals surface area contributed by atoms with E-state index in [1.165, 1.54) is 6.07 Å². The Bertz CT molecular complexity index is 597. The number of benzene rings is 1. The molecule has 5 heteroatoms. The number of thiocarbonyl (C=S) groups is 1. The maximum Gasteiger partial charge on any atom is 0.137 e. The van der Waals surface area contributed by atoms with Crippen LogP contribution in [0.4, 0.5) is 4.39 Å². The summed E-state index contributed by atoms with van der Waals surface area (Å²) in [7, 11) is 0. The van der Waals surface area contributed by atoms with Crippen LogP contribution in [0.15, 0.2) is 52.2 Å². The topological polar surface area (TPSA) is 25.2 Å². The van der Waals surface area contributed by atoms with Gasteiger partial charge in [-0.05, 0) is 63.5 Å². The van der Waals surface area contributed by atoms with E-state index in [-0.39, 0.29) is 11.9 Å². The molecule has 0 fully saturated rings. The van der Waals surface area contributed by atoms with Crippen molar-refractivity contribution in [3.8, 4) is 0 Å². The van der Waals surface area contributed by atoms with Crippen molar-refractivity contribution in [2.45, 2.75) is 6.04 Å². The number of pyridine rings is 1. The van der Waals surface area contributed by atoms with Crippen LogP contribution in [0.1, 0.15) is 17.2 Å². The first kappa shape index (κ1) is 13.0. The van der Waals surface area contributed by atoms with Crippen LogP contribution in [-0.4, -0.2) is 10.1 Å². The third kappa shape index (κ3) is 2.88. The van der Waals surface area contributed by atoms with Crippen molar-refractivity contribution < 1.29 is 4.39 Å². The number of halogens is 2. The predicted octanol–water partition coefficient (Wildman–Crippen LogP) is 4.18. The molecule has 0 bridgehead atoms. The summed E-state index contributed by atoms with van der Waals surface area (Å²) in [5.74, 6) is -0.307. The molecule has 2 rings (SSSR count). The van der Waals surface area contributed by atoms with Crippen molar-refractivity contribution in [2.75, 3.05) is 0 Å². The van der Waals surface area contributed by atoms with E-state index in [0.717, 1.165) is 11.1 Å². The van der Waals surface area contributed by atoms with E-state index < -0.39 is 0 Å². The molecule has 0 N–H and O–H groups in total. The number of hydrogen-bond donors (Lipinski definition) is 0. The van der Waals surface area contributed by atoms with E-state index in [4.69, 9.17) is 0 Å². The molecule has 1 aromatic heterocycles. The van der Waals surface area contributed by atoms with Gasteiger partial charge in [-0.1, -0.05) is 6.07 Å². The lowest BCUT2D eigenvalue weighted by atomic mass is 10.0. The van der Waals surface area contributed by atoms with Crippen molar-refractivity contribution in [3.63, 3.8) is 0 Å². The summed E-state index contributed by atoms with van der Waals surface area (Å²) in [5.41, 5.74) is 1.77. The zero-order valence-electron chi connectivity index (χ0n) is 9.18. The highest BCUT2D eigenvalue weighted by Gasteiger charge is 2.13. The van der Waals surface area contributed by atoms with Crippen LogP contribution in [0.2, 0.25) is 0 Å². The van der Waals surface area contributed by atoms with E-state index in [2.05, 4.69) is 43.3 Å². The quantitative estimate of drug-likeness (QED) is 0.625. The minimum absolute atomic E-state index is 0.289. The number of aromatic nitrogens is 1. The van der Waals surface area contributed by atoms with Gasteiger partial charge in [0.1, 0.15) is 11.9 Å². The average Bonchev–Trinajstić information content (AvgIpc) is 2.40. The summed E-state index contributed by atoms with van der Waals surface area (Å²) in [6.07, 6.45) is 3.36. The van der Waals surface area contributed by atoms with Crippen molar-refractivity contribution in [3.05, 3.63) is 64.1 Å². The fourth-order valence-corrected chi connectivity index (χ4v) is 2.12. The van der Waals surface area contributed by atoms with Crippen molar-refractivity contribution >= 4 is 33.3 Å². The first-order chi connectivity index (χ1) is 8.72. The standard InChI is InChI=1S/C13H8BrFN2S/c14-11-7-10(1-2-12(11)15)13(17-8-18)9-3-5-16-6-4-9/h1-7,13H/t13-/m0/s1. The molecule has 1 heterocycles. The molecular weight excluding hydrogens is 315 g/mol. The summed E-state index contributed by atoms with van der Waals surface area (Å²) in [6.45, 7) is 0. The lowest BCUT2D eigenvalue weighted by Gasteiger charge is -2.12. The molecule has 0 aliphatic carbocycles. The minimum atomic E-state index is -0.307. The fourth-order valence-electron chi connectivity index (χ4n) is 1.62. The molecule has 0 saturated carbocycles. The monoisotopic (exact) mass is 322 g/mol. The van der Waals surface area contributed by atoms with E-state index in [1.54, 1.807) is 24.5 Å². The molecule has 1 aromatic carbocycles. The average molecular weight is 323 g/mol. The van der Waals surface area contributed by atoms with Crippen molar-refractivity contribution in [2.24, 2.45) is 4.99 Å². The Kier molecular flexibility index (Phi) is 4.31. The highest BCUT2D eigenvalue weighted by molar-refractivity contribution is 9.10. The maximum atomic E-state index is 13.2. The van der Waals surface area contributed by atoms with E-state index in [1.807, 2.05) is 12.1 Å². The van der Waals surface area contributed by atoms with Gasteiger partial charge in [0.05, 0.1) is 9.63 Å². The molecule has 0 spiro atoms.